The van der Waals surface area contributed by atoms with Crippen molar-refractivity contribution in [1.82, 2.24) is 4.98 Å². The van der Waals surface area contributed by atoms with Gasteiger partial charge in [0.15, 0.2) is 11.7 Å². The van der Waals surface area contributed by atoms with Gasteiger partial charge in [0.1, 0.15) is 5.75 Å². The standard InChI is InChI=1S/C18H14ClN3O3S/c19-14-3-1-2-4-15(14)25-11-16(23)21-13-7-5-12(6-8-13)17(24)22-18-20-9-10-26-18/h1-10H,11H2,(H,21,23)(H,20,22,24). The molecule has 2 aromatic carbocycles. The number of hydrogen-bond donors (Lipinski definition) is 2. The Kier molecular flexibility index (Phi) is 5.83. The normalized spacial score (nSPS) is 10.2. The molecule has 0 saturated heterocycles. The maximum Gasteiger partial charge on any atom is 0.262 e. The van der Waals surface area contributed by atoms with Crippen molar-refractivity contribution in [2.45, 2.75) is 0 Å². The van der Waals surface area contributed by atoms with Crippen LogP contribution in [0.1, 0.15) is 10.4 Å². The van der Waals surface area contributed by atoms with Crippen LogP contribution in [0, 0.1) is 0 Å². The van der Waals surface area contributed by atoms with E-state index in [1.54, 1.807) is 60.1 Å². The van der Waals surface area contributed by atoms with Gasteiger partial charge >= 0.3 is 0 Å². The molecule has 0 unspecified atom stereocenters. The summed E-state index contributed by atoms with van der Waals surface area (Å²) in [5, 5.41) is 8.13. The Labute approximate surface area is 158 Å². The molecule has 0 atom stereocenters. The summed E-state index contributed by atoms with van der Waals surface area (Å²) in [6, 6.07) is 13.4. The number of thiazole rings is 1. The van der Waals surface area contributed by atoms with Crippen molar-refractivity contribution in [2.75, 3.05) is 17.2 Å². The lowest BCUT2D eigenvalue weighted by atomic mass is 10.2. The van der Waals surface area contributed by atoms with Gasteiger partial charge in [0.25, 0.3) is 11.8 Å². The van der Waals surface area contributed by atoms with Crippen LogP contribution in [-0.4, -0.2) is 23.4 Å². The van der Waals surface area contributed by atoms with Gasteiger partial charge in [-0.2, -0.15) is 0 Å². The maximum absolute atomic E-state index is 12.1. The Balaban J connectivity index is 1.53. The molecule has 2 N–H and O–H groups in total. The van der Waals surface area contributed by atoms with E-state index in [-0.39, 0.29) is 18.4 Å². The number of ether oxygens (including phenoxy) is 1. The molecule has 3 aromatic rings. The molecule has 2 amide bonds. The SMILES string of the molecule is O=C(COc1ccccc1Cl)Nc1ccc(C(=O)Nc2nccs2)cc1. The van der Waals surface area contributed by atoms with Crippen LogP contribution in [0.5, 0.6) is 5.75 Å². The molecular formula is C18H14ClN3O3S. The predicted octanol–water partition coefficient (Wildman–Crippen LogP) is 4.07. The van der Waals surface area contributed by atoms with Crippen LogP contribution in [0.25, 0.3) is 0 Å². The zero-order valence-corrected chi connectivity index (χ0v) is 15.0. The van der Waals surface area contributed by atoms with E-state index >= 15 is 0 Å². The van der Waals surface area contributed by atoms with Crippen molar-refractivity contribution < 1.29 is 14.3 Å². The van der Waals surface area contributed by atoms with Crippen molar-refractivity contribution in [3.63, 3.8) is 0 Å². The summed E-state index contributed by atoms with van der Waals surface area (Å²) in [5.74, 6) is -0.150. The summed E-state index contributed by atoms with van der Waals surface area (Å²) in [4.78, 5) is 28.0. The molecule has 6 nitrogen and oxygen atoms in total. The third kappa shape index (κ3) is 4.81. The molecular weight excluding hydrogens is 374 g/mol. The largest absolute Gasteiger partial charge is 0.482 e. The molecule has 0 aliphatic heterocycles. The second kappa shape index (κ2) is 8.46. The van der Waals surface area contributed by atoms with Crippen molar-refractivity contribution >= 4 is 45.6 Å². The van der Waals surface area contributed by atoms with E-state index < -0.39 is 0 Å². The number of anilines is 2. The van der Waals surface area contributed by atoms with Crippen LogP contribution in [0.15, 0.2) is 60.1 Å². The third-order valence-electron chi connectivity index (χ3n) is 3.28. The fourth-order valence-electron chi connectivity index (χ4n) is 2.06. The minimum atomic E-state index is -0.329. The second-order valence-corrected chi connectivity index (χ2v) is 6.44. The Morgan fingerprint density at radius 1 is 1.08 bits per heavy atom. The number of amides is 2. The second-order valence-electron chi connectivity index (χ2n) is 5.14. The zero-order valence-electron chi connectivity index (χ0n) is 13.4. The summed E-state index contributed by atoms with van der Waals surface area (Å²) in [5.41, 5.74) is 1.02. The first-order valence-electron chi connectivity index (χ1n) is 7.60. The fraction of sp³-hybridized carbons (Fsp3) is 0.0556. The molecule has 1 heterocycles. The number of nitrogens with one attached hydrogen (secondary N) is 2. The van der Waals surface area contributed by atoms with E-state index in [9.17, 15) is 9.59 Å². The Hall–Kier alpha value is -2.90. The highest BCUT2D eigenvalue weighted by molar-refractivity contribution is 7.13. The Morgan fingerprint density at radius 3 is 2.54 bits per heavy atom. The zero-order chi connectivity index (χ0) is 18.4. The molecule has 0 spiro atoms. The highest BCUT2D eigenvalue weighted by Gasteiger charge is 2.09. The first kappa shape index (κ1) is 17.9. The number of carbonyl (C=O) groups excluding carboxylic acids is 2. The molecule has 0 radical (unpaired) electrons. The van der Waals surface area contributed by atoms with Gasteiger partial charge in [-0.3, -0.25) is 14.9 Å². The lowest BCUT2D eigenvalue weighted by Gasteiger charge is -2.09. The summed E-state index contributed by atoms with van der Waals surface area (Å²) >= 11 is 7.31. The van der Waals surface area contributed by atoms with Crippen LogP contribution in [0.2, 0.25) is 5.02 Å². The predicted molar refractivity (Wildman–Crippen MR) is 102 cm³/mol. The van der Waals surface area contributed by atoms with Crippen LogP contribution >= 0.6 is 22.9 Å². The molecule has 8 heteroatoms. The van der Waals surface area contributed by atoms with Gasteiger partial charge in [0.05, 0.1) is 5.02 Å². The van der Waals surface area contributed by atoms with Crippen LogP contribution in [-0.2, 0) is 4.79 Å². The molecule has 3 rings (SSSR count). The molecule has 132 valence electrons. The number of carbonyl (C=O) groups is 2. The van der Waals surface area contributed by atoms with E-state index in [0.29, 0.717) is 27.2 Å². The highest BCUT2D eigenvalue weighted by Crippen LogP contribution is 2.23. The quantitative estimate of drug-likeness (QED) is 0.668. The van der Waals surface area contributed by atoms with Gasteiger partial charge in [-0.05, 0) is 36.4 Å². The number of hydrogen-bond acceptors (Lipinski definition) is 5. The Bertz CT molecular complexity index is 898. The smallest absolute Gasteiger partial charge is 0.262 e. The minimum absolute atomic E-state index is 0.171. The van der Waals surface area contributed by atoms with Crippen molar-refractivity contribution in [3.05, 3.63) is 70.7 Å². The van der Waals surface area contributed by atoms with E-state index in [1.807, 2.05) is 0 Å². The number of halogens is 1. The van der Waals surface area contributed by atoms with Gasteiger partial charge < -0.3 is 10.1 Å². The van der Waals surface area contributed by atoms with Crippen molar-refractivity contribution in [3.8, 4) is 5.75 Å². The van der Waals surface area contributed by atoms with E-state index in [4.69, 9.17) is 16.3 Å². The molecule has 1 aromatic heterocycles. The van der Waals surface area contributed by atoms with Gasteiger partial charge in [-0.15, -0.1) is 11.3 Å². The Morgan fingerprint density at radius 2 is 1.85 bits per heavy atom. The number of aromatic nitrogens is 1. The summed E-state index contributed by atoms with van der Waals surface area (Å²) in [6.45, 7) is -0.171. The number of para-hydroxylation sites is 1. The number of rotatable bonds is 6. The molecule has 0 bridgehead atoms. The molecule has 0 saturated carbocycles. The van der Waals surface area contributed by atoms with Crippen LogP contribution < -0.4 is 15.4 Å². The van der Waals surface area contributed by atoms with Crippen molar-refractivity contribution in [1.29, 1.82) is 0 Å². The molecule has 0 aliphatic carbocycles. The molecule has 0 aliphatic rings. The average molecular weight is 388 g/mol. The topological polar surface area (TPSA) is 80.3 Å². The first-order valence-corrected chi connectivity index (χ1v) is 8.85. The lowest BCUT2D eigenvalue weighted by molar-refractivity contribution is -0.118. The average Bonchev–Trinajstić information content (AvgIpc) is 3.14. The van der Waals surface area contributed by atoms with E-state index in [2.05, 4.69) is 15.6 Å². The van der Waals surface area contributed by atoms with Gasteiger partial charge in [-0.25, -0.2) is 4.98 Å². The van der Waals surface area contributed by atoms with Gasteiger partial charge in [0.2, 0.25) is 0 Å². The maximum atomic E-state index is 12.1. The van der Waals surface area contributed by atoms with Crippen molar-refractivity contribution in [2.24, 2.45) is 0 Å². The van der Waals surface area contributed by atoms with E-state index in [0.717, 1.165) is 0 Å². The number of benzene rings is 2. The first-order chi connectivity index (χ1) is 12.6. The molecule has 0 fully saturated rings. The fourth-order valence-corrected chi connectivity index (χ4v) is 2.78. The van der Waals surface area contributed by atoms with Crippen LogP contribution in [0.3, 0.4) is 0 Å². The molecule has 26 heavy (non-hydrogen) atoms. The van der Waals surface area contributed by atoms with E-state index in [1.165, 1.54) is 11.3 Å². The number of nitrogens with zero attached hydrogens (tertiary/aromatic N) is 1. The van der Waals surface area contributed by atoms with Gasteiger partial charge in [-0.1, -0.05) is 23.7 Å². The lowest BCUT2D eigenvalue weighted by Crippen LogP contribution is -2.20. The van der Waals surface area contributed by atoms with Gasteiger partial charge in [0, 0.05) is 22.8 Å². The summed E-state index contributed by atoms with van der Waals surface area (Å²) in [7, 11) is 0. The minimum Gasteiger partial charge on any atom is -0.482 e. The summed E-state index contributed by atoms with van der Waals surface area (Å²) in [6.07, 6.45) is 1.61. The monoisotopic (exact) mass is 387 g/mol. The van der Waals surface area contributed by atoms with Crippen LogP contribution in [0.4, 0.5) is 10.8 Å². The summed E-state index contributed by atoms with van der Waals surface area (Å²) < 4.78 is 5.38. The highest BCUT2D eigenvalue weighted by atomic mass is 35.5. The third-order valence-corrected chi connectivity index (χ3v) is 4.28.